The van der Waals surface area contributed by atoms with E-state index in [-0.39, 0.29) is 0 Å². The molecule has 0 bridgehead atoms. The molecule has 0 saturated carbocycles. The van der Waals surface area contributed by atoms with Gasteiger partial charge in [0.1, 0.15) is 0 Å². The molecule has 0 amide bonds. The number of aryl methyl sites for hydroxylation is 2. The Morgan fingerprint density at radius 2 is 2.00 bits per heavy atom. The van der Waals surface area contributed by atoms with E-state index in [4.69, 9.17) is 0 Å². The van der Waals surface area contributed by atoms with Gasteiger partial charge in [-0.15, -0.1) is 0 Å². The van der Waals surface area contributed by atoms with Crippen LogP contribution in [0.25, 0.3) is 0 Å². The molecule has 0 saturated heterocycles. The Kier molecular flexibility index (Phi) is 6.37. The predicted molar refractivity (Wildman–Crippen MR) is 80.1 cm³/mol. The molecule has 0 spiro atoms. The number of hydrogen-bond donors (Lipinski definition) is 1. The summed E-state index contributed by atoms with van der Waals surface area (Å²) in [5.41, 5.74) is 4.15. The number of likely N-dealkylation sites (N-methyl/N-ethyl adjacent to an activating group) is 2. The molecule has 0 aliphatic rings. The summed E-state index contributed by atoms with van der Waals surface area (Å²) in [5.74, 6) is 0. The molecule has 1 aromatic rings. The first kappa shape index (κ1) is 15.2. The van der Waals surface area contributed by atoms with Gasteiger partial charge in [0.2, 0.25) is 0 Å². The minimum Gasteiger partial charge on any atom is -0.312 e. The molecular weight excluding hydrogens is 220 g/mol. The monoisotopic (exact) mass is 248 g/mol. The highest BCUT2D eigenvalue weighted by atomic mass is 15.1. The maximum absolute atomic E-state index is 3.44. The van der Waals surface area contributed by atoms with Gasteiger partial charge >= 0.3 is 0 Å². The second-order valence-electron chi connectivity index (χ2n) is 5.32. The zero-order valence-electron chi connectivity index (χ0n) is 12.6. The van der Waals surface area contributed by atoms with Crippen molar-refractivity contribution in [1.82, 2.24) is 10.2 Å². The van der Waals surface area contributed by atoms with Gasteiger partial charge in [-0.2, -0.15) is 0 Å². The first-order valence-corrected chi connectivity index (χ1v) is 7.01. The number of rotatable bonds is 7. The molecule has 1 atom stereocenters. The van der Waals surface area contributed by atoms with E-state index in [0.29, 0.717) is 6.04 Å². The Morgan fingerprint density at radius 3 is 2.56 bits per heavy atom. The molecular formula is C16H28N2. The highest BCUT2D eigenvalue weighted by molar-refractivity contribution is 5.33. The minimum atomic E-state index is 0.424. The number of benzene rings is 1. The van der Waals surface area contributed by atoms with Crippen molar-refractivity contribution in [3.05, 3.63) is 34.9 Å². The van der Waals surface area contributed by atoms with E-state index in [0.717, 1.165) is 6.54 Å². The molecule has 18 heavy (non-hydrogen) atoms. The summed E-state index contributed by atoms with van der Waals surface area (Å²) in [6.07, 6.45) is 2.54. The van der Waals surface area contributed by atoms with Crippen molar-refractivity contribution in [2.75, 3.05) is 27.2 Å². The summed E-state index contributed by atoms with van der Waals surface area (Å²) in [6.45, 7) is 8.85. The summed E-state index contributed by atoms with van der Waals surface area (Å²) in [5, 5.41) is 3.44. The van der Waals surface area contributed by atoms with Gasteiger partial charge in [0.25, 0.3) is 0 Å². The van der Waals surface area contributed by atoms with Crippen molar-refractivity contribution < 1.29 is 0 Å². The van der Waals surface area contributed by atoms with Gasteiger partial charge in [-0.1, -0.05) is 37.1 Å². The Bertz CT molecular complexity index is 360. The average Bonchev–Trinajstić information content (AvgIpc) is 2.34. The number of hydrogen-bond acceptors (Lipinski definition) is 2. The van der Waals surface area contributed by atoms with Crippen LogP contribution in [0.2, 0.25) is 0 Å². The smallest absolute Gasteiger partial charge is 0.0449 e. The third-order valence-corrected chi connectivity index (χ3v) is 3.54. The van der Waals surface area contributed by atoms with Gasteiger partial charge in [-0.25, -0.2) is 0 Å². The number of nitrogens with zero attached hydrogens (tertiary/aromatic N) is 1. The van der Waals surface area contributed by atoms with E-state index in [1.165, 1.54) is 36.1 Å². The van der Waals surface area contributed by atoms with E-state index >= 15 is 0 Å². The molecule has 0 radical (unpaired) electrons. The van der Waals surface area contributed by atoms with Crippen LogP contribution in [0.5, 0.6) is 0 Å². The van der Waals surface area contributed by atoms with Crippen LogP contribution in [-0.4, -0.2) is 32.1 Å². The van der Waals surface area contributed by atoms with Crippen LogP contribution < -0.4 is 5.32 Å². The highest BCUT2D eigenvalue weighted by Gasteiger charge is 2.13. The van der Waals surface area contributed by atoms with Crippen LogP contribution in [-0.2, 0) is 0 Å². The molecule has 0 aliphatic carbocycles. The molecule has 2 heteroatoms. The van der Waals surface area contributed by atoms with Gasteiger partial charge in [-0.05, 0) is 52.0 Å². The minimum absolute atomic E-state index is 0.424. The molecule has 102 valence electrons. The number of unbranched alkanes of at least 4 members (excludes halogenated alkanes) is 1. The lowest BCUT2D eigenvalue weighted by atomic mass is 9.99. The molecule has 0 heterocycles. The average molecular weight is 248 g/mol. The van der Waals surface area contributed by atoms with E-state index < -0.39 is 0 Å². The van der Waals surface area contributed by atoms with Crippen molar-refractivity contribution in [2.45, 2.75) is 39.7 Å². The normalized spacial score (nSPS) is 13.0. The topological polar surface area (TPSA) is 15.3 Å². The van der Waals surface area contributed by atoms with Crippen LogP contribution in [0.15, 0.2) is 18.2 Å². The quantitative estimate of drug-likeness (QED) is 0.796. The lowest BCUT2D eigenvalue weighted by Gasteiger charge is -2.25. The van der Waals surface area contributed by atoms with Crippen molar-refractivity contribution >= 4 is 0 Å². The Labute approximate surface area is 112 Å². The SMILES string of the molecule is CCCCN(C)CC(NC)c1ccc(C)cc1C. The molecule has 1 N–H and O–H groups in total. The zero-order chi connectivity index (χ0) is 13.5. The van der Waals surface area contributed by atoms with E-state index in [1.807, 2.05) is 0 Å². The summed E-state index contributed by atoms with van der Waals surface area (Å²) in [7, 11) is 4.27. The molecule has 0 aliphatic heterocycles. The van der Waals surface area contributed by atoms with Crippen molar-refractivity contribution in [1.29, 1.82) is 0 Å². The van der Waals surface area contributed by atoms with Crippen LogP contribution in [0.3, 0.4) is 0 Å². The molecule has 0 fully saturated rings. The highest BCUT2D eigenvalue weighted by Crippen LogP contribution is 2.19. The fourth-order valence-corrected chi connectivity index (χ4v) is 2.39. The third kappa shape index (κ3) is 4.43. The van der Waals surface area contributed by atoms with E-state index in [2.05, 4.69) is 63.3 Å². The number of nitrogens with one attached hydrogen (secondary N) is 1. The fourth-order valence-electron chi connectivity index (χ4n) is 2.39. The fraction of sp³-hybridized carbons (Fsp3) is 0.625. The third-order valence-electron chi connectivity index (χ3n) is 3.54. The molecule has 0 aromatic heterocycles. The second-order valence-corrected chi connectivity index (χ2v) is 5.32. The van der Waals surface area contributed by atoms with Gasteiger partial charge in [0, 0.05) is 12.6 Å². The molecule has 1 rings (SSSR count). The van der Waals surface area contributed by atoms with E-state index in [1.54, 1.807) is 0 Å². The van der Waals surface area contributed by atoms with Gasteiger partial charge < -0.3 is 10.2 Å². The first-order chi connectivity index (χ1) is 8.58. The Hall–Kier alpha value is -0.860. The van der Waals surface area contributed by atoms with Crippen LogP contribution >= 0.6 is 0 Å². The first-order valence-electron chi connectivity index (χ1n) is 7.01. The largest absolute Gasteiger partial charge is 0.312 e. The molecule has 1 aromatic carbocycles. The standard InChI is InChI=1S/C16H28N2/c1-6-7-10-18(5)12-16(17-4)15-9-8-13(2)11-14(15)3/h8-9,11,16-17H,6-7,10,12H2,1-5H3. The summed E-state index contributed by atoms with van der Waals surface area (Å²) in [6, 6.07) is 7.16. The lowest BCUT2D eigenvalue weighted by Crippen LogP contribution is -2.32. The maximum Gasteiger partial charge on any atom is 0.0449 e. The second kappa shape index (κ2) is 7.55. The van der Waals surface area contributed by atoms with Crippen molar-refractivity contribution in [3.8, 4) is 0 Å². The Morgan fingerprint density at radius 1 is 1.28 bits per heavy atom. The van der Waals surface area contributed by atoms with Crippen molar-refractivity contribution in [3.63, 3.8) is 0 Å². The van der Waals surface area contributed by atoms with Crippen LogP contribution in [0, 0.1) is 13.8 Å². The Balaban J connectivity index is 2.70. The van der Waals surface area contributed by atoms with Gasteiger partial charge in [-0.3, -0.25) is 0 Å². The summed E-state index contributed by atoms with van der Waals surface area (Å²) in [4.78, 5) is 2.42. The molecule has 1 unspecified atom stereocenters. The molecule has 2 nitrogen and oxygen atoms in total. The summed E-state index contributed by atoms with van der Waals surface area (Å²) < 4.78 is 0. The zero-order valence-corrected chi connectivity index (χ0v) is 12.6. The van der Waals surface area contributed by atoms with Crippen molar-refractivity contribution in [2.24, 2.45) is 0 Å². The lowest BCUT2D eigenvalue weighted by molar-refractivity contribution is 0.292. The van der Waals surface area contributed by atoms with E-state index in [9.17, 15) is 0 Å². The van der Waals surface area contributed by atoms with Gasteiger partial charge in [0.05, 0.1) is 0 Å². The predicted octanol–water partition coefficient (Wildman–Crippen LogP) is 3.30. The van der Waals surface area contributed by atoms with Crippen LogP contribution in [0.1, 0.15) is 42.5 Å². The summed E-state index contributed by atoms with van der Waals surface area (Å²) >= 11 is 0. The van der Waals surface area contributed by atoms with Crippen LogP contribution in [0.4, 0.5) is 0 Å². The maximum atomic E-state index is 3.44. The van der Waals surface area contributed by atoms with Gasteiger partial charge in [0.15, 0.2) is 0 Å².